The Morgan fingerprint density at radius 2 is 2.07 bits per heavy atom. The molecule has 1 amide bonds. The number of hydrogen-bond acceptors (Lipinski definition) is 4. The second kappa shape index (κ2) is 7.02. The third kappa shape index (κ3) is 3.30. The van der Waals surface area contributed by atoms with Crippen LogP contribution in [0.2, 0.25) is 0 Å². The second-order valence-corrected chi connectivity index (χ2v) is 6.74. The van der Waals surface area contributed by atoms with Gasteiger partial charge in [0, 0.05) is 23.7 Å². The Bertz CT molecular complexity index is 1170. The van der Waals surface area contributed by atoms with Gasteiger partial charge in [-0.3, -0.25) is 9.20 Å². The number of benzene rings is 2. The molecule has 0 atom stereocenters. The SMILES string of the molecule is N#Cc1cccc(-c2c(C(=O)NCc3ccc(F)cc3)nc3sccn23)c1. The molecule has 0 fully saturated rings. The number of amides is 1. The first-order valence-electron chi connectivity index (χ1n) is 8.14. The van der Waals surface area contributed by atoms with E-state index in [2.05, 4.69) is 16.4 Å². The second-order valence-electron chi connectivity index (χ2n) is 5.87. The molecule has 27 heavy (non-hydrogen) atoms. The van der Waals surface area contributed by atoms with E-state index in [0.717, 1.165) is 11.1 Å². The lowest BCUT2D eigenvalue weighted by molar-refractivity contribution is 0.0947. The molecule has 0 saturated heterocycles. The molecule has 0 aliphatic rings. The molecule has 4 aromatic rings. The van der Waals surface area contributed by atoms with Crippen molar-refractivity contribution in [1.82, 2.24) is 14.7 Å². The Balaban J connectivity index is 1.69. The van der Waals surface area contributed by atoms with Crippen molar-refractivity contribution in [3.8, 4) is 17.3 Å². The first-order valence-corrected chi connectivity index (χ1v) is 9.02. The standard InChI is InChI=1S/C20H13FN4OS/c21-16-6-4-13(5-7-16)12-23-19(26)17-18(25-8-9-27-20(25)24-17)15-3-1-2-14(10-15)11-22/h1-10H,12H2,(H,23,26). The number of fused-ring (bicyclic) bond motifs is 1. The van der Waals surface area contributed by atoms with Gasteiger partial charge in [-0.1, -0.05) is 24.3 Å². The first-order chi connectivity index (χ1) is 13.2. The number of nitriles is 1. The molecule has 0 spiro atoms. The average molecular weight is 376 g/mol. The monoisotopic (exact) mass is 376 g/mol. The number of nitrogens with zero attached hydrogens (tertiary/aromatic N) is 3. The molecule has 0 unspecified atom stereocenters. The number of nitrogens with one attached hydrogen (secondary N) is 1. The van der Waals surface area contributed by atoms with Crippen molar-refractivity contribution < 1.29 is 9.18 Å². The summed E-state index contributed by atoms with van der Waals surface area (Å²) in [5.41, 5.74) is 2.97. The number of thiazole rings is 1. The van der Waals surface area contributed by atoms with Gasteiger partial charge in [-0.2, -0.15) is 5.26 Å². The molecule has 2 aromatic carbocycles. The van der Waals surface area contributed by atoms with Gasteiger partial charge in [0.25, 0.3) is 5.91 Å². The van der Waals surface area contributed by atoms with E-state index in [4.69, 9.17) is 5.26 Å². The van der Waals surface area contributed by atoms with Crippen LogP contribution in [0, 0.1) is 17.1 Å². The lowest BCUT2D eigenvalue weighted by atomic mass is 10.1. The highest BCUT2D eigenvalue weighted by Gasteiger charge is 2.21. The number of rotatable bonds is 4. The van der Waals surface area contributed by atoms with Crippen LogP contribution in [0.25, 0.3) is 16.2 Å². The Hall–Kier alpha value is -3.50. The highest BCUT2D eigenvalue weighted by molar-refractivity contribution is 7.15. The Morgan fingerprint density at radius 3 is 2.85 bits per heavy atom. The summed E-state index contributed by atoms with van der Waals surface area (Å²) in [4.78, 5) is 17.9. The number of halogens is 1. The summed E-state index contributed by atoms with van der Waals surface area (Å²) >= 11 is 1.43. The molecule has 0 radical (unpaired) electrons. The van der Waals surface area contributed by atoms with Gasteiger partial charge in [-0.25, -0.2) is 9.37 Å². The topological polar surface area (TPSA) is 70.2 Å². The first kappa shape index (κ1) is 16.9. The van der Waals surface area contributed by atoms with Crippen molar-refractivity contribution in [2.75, 3.05) is 0 Å². The Morgan fingerprint density at radius 1 is 1.26 bits per heavy atom. The van der Waals surface area contributed by atoms with Crippen molar-refractivity contribution in [2.45, 2.75) is 6.54 Å². The number of imidazole rings is 1. The van der Waals surface area contributed by atoms with Crippen LogP contribution in [0.3, 0.4) is 0 Å². The average Bonchev–Trinajstić information content (AvgIpc) is 3.28. The maximum absolute atomic E-state index is 13.0. The van der Waals surface area contributed by atoms with Gasteiger partial charge in [0.15, 0.2) is 10.7 Å². The number of carbonyl (C=O) groups excluding carboxylic acids is 1. The van der Waals surface area contributed by atoms with Gasteiger partial charge in [0.05, 0.1) is 17.3 Å². The molecular weight excluding hydrogens is 363 g/mol. The summed E-state index contributed by atoms with van der Waals surface area (Å²) in [5, 5.41) is 13.9. The summed E-state index contributed by atoms with van der Waals surface area (Å²) in [7, 11) is 0. The van der Waals surface area contributed by atoms with E-state index >= 15 is 0 Å². The van der Waals surface area contributed by atoms with Crippen LogP contribution in [-0.2, 0) is 6.54 Å². The van der Waals surface area contributed by atoms with Gasteiger partial charge in [-0.05, 0) is 29.8 Å². The minimum absolute atomic E-state index is 0.266. The quantitative estimate of drug-likeness (QED) is 0.585. The normalized spacial score (nSPS) is 10.7. The Labute approximate surface area is 158 Å². The van der Waals surface area contributed by atoms with Crippen LogP contribution >= 0.6 is 11.3 Å². The van der Waals surface area contributed by atoms with Gasteiger partial charge < -0.3 is 5.32 Å². The molecule has 0 bridgehead atoms. The third-order valence-electron chi connectivity index (χ3n) is 4.11. The summed E-state index contributed by atoms with van der Waals surface area (Å²) in [6, 6.07) is 15.1. The summed E-state index contributed by atoms with van der Waals surface area (Å²) < 4.78 is 14.9. The van der Waals surface area contributed by atoms with Crippen LogP contribution in [0.4, 0.5) is 4.39 Å². The lowest BCUT2D eigenvalue weighted by Gasteiger charge is -2.07. The highest BCUT2D eigenvalue weighted by Crippen LogP contribution is 2.28. The fourth-order valence-corrected chi connectivity index (χ4v) is 3.54. The molecule has 7 heteroatoms. The molecule has 0 saturated carbocycles. The maximum atomic E-state index is 13.0. The predicted molar refractivity (Wildman–Crippen MR) is 101 cm³/mol. The van der Waals surface area contributed by atoms with Crippen molar-refractivity contribution in [3.63, 3.8) is 0 Å². The van der Waals surface area contributed by atoms with Crippen LogP contribution in [-0.4, -0.2) is 15.3 Å². The van der Waals surface area contributed by atoms with Crippen molar-refractivity contribution in [3.05, 3.63) is 82.7 Å². The van der Waals surface area contributed by atoms with E-state index in [1.807, 2.05) is 22.0 Å². The van der Waals surface area contributed by atoms with Crippen molar-refractivity contribution >= 4 is 22.2 Å². The lowest BCUT2D eigenvalue weighted by Crippen LogP contribution is -2.23. The fraction of sp³-hybridized carbons (Fsp3) is 0.0500. The van der Waals surface area contributed by atoms with E-state index in [1.165, 1.54) is 23.5 Å². The fourth-order valence-electron chi connectivity index (χ4n) is 2.82. The molecule has 4 rings (SSSR count). The number of carbonyl (C=O) groups is 1. The van der Waals surface area contributed by atoms with E-state index in [-0.39, 0.29) is 18.3 Å². The van der Waals surface area contributed by atoms with E-state index in [9.17, 15) is 9.18 Å². The Kier molecular flexibility index (Phi) is 4.40. The van der Waals surface area contributed by atoms with Crippen LogP contribution in [0.15, 0.2) is 60.1 Å². The van der Waals surface area contributed by atoms with Crippen molar-refractivity contribution in [2.24, 2.45) is 0 Å². The number of aromatic nitrogens is 2. The summed E-state index contributed by atoms with van der Waals surface area (Å²) in [6.07, 6.45) is 1.85. The minimum atomic E-state index is -0.326. The summed E-state index contributed by atoms with van der Waals surface area (Å²) in [6.45, 7) is 0.266. The maximum Gasteiger partial charge on any atom is 0.272 e. The molecule has 132 valence electrons. The van der Waals surface area contributed by atoms with E-state index in [1.54, 1.807) is 30.3 Å². The molecular formula is C20H13FN4OS. The molecule has 2 aromatic heterocycles. The molecule has 0 aliphatic carbocycles. The molecule has 1 N–H and O–H groups in total. The third-order valence-corrected chi connectivity index (χ3v) is 4.87. The molecule has 0 aliphatic heterocycles. The van der Waals surface area contributed by atoms with E-state index in [0.29, 0.717) is 21.9 Å². The van der Waals surface area contributed by atoms with Crippen LogP contribution in [0.5, 0.6) is 0 Å². The molecule has 2 heterocycles. The largest absolute Gasteiger partial charge is 0.347 e. The van der Waals surface area contributed by atoms with Crippen molar-refractivity contribution in [1.29, 1.82) is 5.26 Å². The number of hydrogen-bond donors (Lipinski definition) is 1. The minimum Gasteiger partial charge on any atom is -0.347 e. The van der Waals surface area contributed by atoms with Gasteiger partial charge in [-0.15, -0.1) is 11.3 Å². The van der Waals surface area contributed by atoms with Crippen LogP contribution < -0.4 is 5.32 Å². The highest BCUT2D eigenvalue weighted by atomic mass is 32.1. The predicted octanol–water partition coefficient (Wildman–Crippen LogP) is 4.00. The zero-order valence-electron chi connectivity index (χ0n) is 14.0. The summed E-state index contributed by atoms with van der Waals surface area (Å²) in [5.74, 6) is -0.647. The van der Waals surface area contributed by atoms with E-state index < -0.39 is 0 Å². The smallest absolute Gasteiger partial charge is 0.272 e. The zero-order chi connectivity index (χ0) is 18.8. The zero-order valence-corrected chi connectivity index (χ0v) is 14.8. The van der Waals surface area contributed by atoms with Gasteiger partial charge in [0.1, 0.15) is 5.82 Å². The van der Waals surface area contributed by atoms with Gasteiger partial charge in [0.2, 0.25) is 0 Å². The van der Waals surface area contributed by atoms with Gasteiger partial charge >= 0.3 is 0 Å². The molecule has 5 nitrogen and oxygen atoms in total. The van der Waals surface area contributed by atoms with Crippen LogP contribution in [0.1, 0.15) is 21.6 Å².